The number of amides is 1. The SMILES string of the molecule is CCCCOc1cc(-c2ccc(P(=O)(OC)OC)cc2)ccc1[C@@H]1[C@@H](/C=C/C(=O)c2ccc(F)cc2)OC(=O)N1c1ccccc1. The first-order valence-electron chi connectivity index (χ1n) is 14.9. The normalized spacial score (nSPS) is 16.5. The molecule has 46 heavy (non-hydrogen) atoms. The van der Waals surface area contributed by atoms with Crippen molar-refractivity contribution in [2.45, 2.75) is 31.9 Å². The van der Waals surface area contributed by atoms with E-state index in [0.717, 1.165) is 24.0 Å². The Morgan fingerprint density at radius 3 is 2.26 bits per heavy atom. The monoisotopic (exact) mass is 643 g/mol. The molecular weight excluding hydrogens is 608 g/mol. The molecule has 0 N–H and O–H groups in total. The first kappa shape index (κ1) is 32.8. The number of carbonyl (C=O) groups is 2. The molecule has 238 valence electrons. The molecule has 1 aliphatic rings. The summed E-state index contributed by atoms with van der Waals surface area (Å²) in [5.74, 6) is -0.233. The zero-order chi connectivity index (χ0) is 32.7. The van der Waals surface area contributed by atoms with E-state index in [1.165, 1.54) is 44.6 Å². The van der Waals surface area contributed by atoms with Gasteiger partial charge in [-0.15, -0.1) is 0 Å². The third-order valence-electron chi connectivity index (χ3n) is 7.71. The second-order valence-electron chi connectivity index (χ2n) is 10.6. The number of rotatable bonds is 13. The van der Waals surface area contributed by atoms with Crippen LogP contribution in [0.4, 0.5) is 14.9 Å². The predicted molar refractivity (Wildman–Crippen MR) is 175 cm³/mol. The molecule has 1 heterocycles. The van der Waals surface area contributed by atoms with Crippen molar-refractivity contribution in [1.29, 1.82) is 0 Å². The number of carbonyl (C=O) groups excluding carboxylic acids is 2. The Hall–Kier alpha value is -4.56. The van der Waals surface area contributed by atoms with Gasteiger partial charge in [-0.05, 0) is 84.3 Å². The summed E-state index contributed by atoms with van der Waals surface area (Å²) in [4.78, 5) is 27.9. The highest BCUT2D eigenvalue weighted by molar-refractivity contribution is 7.62. The lowest BCUT2D eigenvalue weighted by atomic mass is 9.95. The molecule has 8 nitrogen and oxygen atoms in total. The van der Waals surface area contributed by atoms with Gasteiger partial charge >= 0.3 is 13.7 Å². The molecule has 10 heteroatoms. The Labute approximate surface area is 267 Å². The topological polar surface area (TPSA) is 91.4 Å². The van der Waals surface area contributed by atoms with E-state index in [1.807, 2.05) is 60.7 Å². The van der Waals surface area contributed by atoms with Crippen molar-refractivity contribution >= 4 is 30.5 Å². The first-order chi connectivity index (χ1) is 22.3. The highest BCUT2D eigenvalue weighted by atomic mass is 31.2. The van der Waals surface area contributed by atoms with Crippen LogP contribution in [0.5, 0.6) is 5.75 Å². The number of unbranched alkanes of at least 4 members (excludes halogenated alkanes) is 1. The number of hydrogen-bond donors (Lipinski definition) is 0. The number of hydrogen-bond acceptors (Lipinski definition) is 7. The molecule has 0 saturated carbocycles. The average molecular weight is 644 g/mol. The van der Waals surface area contributed by atoms with Gasteiger partial charge in [0.1, 0.15) is 23.7 Å². The van der Waals surface area contributed by atoms with Gasteiger partial charge in [-0.25, -0.2) is 9.18 Å². The molecule has 0 unspecified atom stereocenters. The molecule has 0 aliphatic carbocycles. The van der Waals surface area contributed by atoms with E-state index in [1.54, 1.807) is 23.1 Å². The second-order valence-corrected chi connectivity index (χ2v) is 12.8. The van der Waals surface area contributed by atoms with Crippen LogP contribution in [-0.4, -0.2) is 38.8 Å². The lowest BCUT2D eigenvalue weighted by Crippen LogP contribution is -2.29. The van der Waals surface area contributed by atoms with Crippen LogP contribution in [0.2, 0.25) is 0 Å². The van der Waals surface area contributed by atoms with Crippen molar-refractivity contribution in [1.82, 2.24) is 0 Å². The van der Waals surface area contributed by atoms with Crippen LogP contribution in [0.15, 0.2) is 109 Å². The van der Waals surface area contributed by atoms with Gasteiger partial charge in [-0.1, -0.05) is 55.8 Å². The fourth-order valence-electron chi connectivity index (χ4n) is 5.24. The third-order valence-corrected chi connectivity index (χ3v) is 9.60. The Morgan fingerprint density at radius 1 is 0.935 bits per heavy atom. The molecule has 0 radical (unpaired) electrons. The van der Waals surface area contributed by atoms with Crippen molar-refractivity contribution in [2.75, 3.05) is 25.7 Å². The van der Waals surface area contributed by atoms with E-state index in [2.05, 4.69) is 6.92 Å². The number of para-hydroxylation sites is 1. The molecule has 0 bridgehead atoms. The maximum Gasteiger partial charge on any atom is 0.415 e. The van der Waals surface area contributed by atoms with Crippen molar-refractivity contribution in [3.63, 3.8) is 0 Å². The van der Waals surface area contributed by atoms with Gasteiger partial charge in [0.2, 0.25) is 0 Å². The molecule has 4 aromatic rings. The first-order valence-corrected chi connectivity index (χ1v) is 16.4. The standard InChI is InChI=1S/C36H35FNO7P/c1-4-5-23-44-34-24-27(25-13-18-30(19-14-25)46(41,42-2)43-3)15-20-31(34)35-33(22-21-32(39)26-11-16-28(37)17-12-26)45-36(40)38(35)29-9-7-6-8-10-29/h6-22,24,33,35H,4-5,23H2,1-3H3/b22-21+/t33-,35-/m1/s1. The van der Waals surface area contributed by atoms with Crippen LogP contribution in [0.1, 0.15) is 41.7 Å². The van der Waals surface area contributed by atoms with E-state index >= 15 is 0 Å². The van der Waals surface area contributed by atoms with Crippen molar-refractivity contribution in [3.8, 4) is 16.9 Å². The Balaban J connectivity index is 1.55. The number of nitrogens with zero attached hydrogens (tertiary/aromatic N) is 1. The van der Waals surface area contributed by atoms with Gasteiger partial charge < -0.3 is 18.5 Å². The summed E-state index contributed by atoms with van der Waals surface area (Å²) in [5.41, 5.74) is 3.30. The van der Waals surface area contributed by atoms with Gasteiger partial charge in [0, 0.05) is 31.0 Å². The quantitative estimate of drug-likeness (QED) is 0.0627. The maximum atomic E-state index is 13.4. The average Bonchev–Trinajstić information content (AvgIpc) is 3.42. The Bertz CT molecular complexity index is 1730. The van der Waals surface area contributed by atoms with Gasteiger partial charge in [-0.2, -0.15) is 0 Å². The summed E-state index contributed by atoms with van der Waals surface area (Å²) in [6.07, 6.45) is 3.24. The highest BCUT2D eigenvalue weighted by Crippen LogP contribution is 2.46. The third kappa shape index (κ3) is 7.12. The molecule has 5 rings (SSSR count). The lowest BCUT2D eigenvalue weighted by molar-refractivity contribution is 0.104. The molecule has 1 amide bonds. The van der Waals surface area contributed by atoms with Crippen LogP contribution in [-0.2, 0) is 18.3 Å². The van der Waals surface area contributed by atoms with E-state index in [9.17, 15) is 18.5 Å². The Kier molecular flexibility index (Phi) is 10.5. The van der Waals surface area contributed by atoms with Gasteiger partial charge in [0.05, 0.1) is 11.9 Å². The van der Waals surface area contributed by atoms with Crippen LogP contribution >= 0.6 is 7.60 Å². The van der Waals surface area contributed by atoms with Gasteiger partial charge in [0.15, 0.2) is 5.78 Å². The second kappa shape index (κ2) is 14.7. The van der Waals surface area contributed by atoms with Crippen LogP contribution < -0.4 is 14.9 Å². The van der Waals surface area contributed by atoms with Crippen molar-refractivity contribution in [3.05, 3.63) is 126 Å². The van der Waals surface area contributed by atoms with Crippen LogP contribution in [0, 0.1) is 5.82 Å². The minimum atomic E-state index is -3.40. The molecular formula is C36H35FNO7P. The zero-order valence-electron chi connectivity index (χ0n) is 25.8. The molecule has 1 saturated heterocycles. The number of ketones is 1. The summed E-state index contributed by atoms with van der Waals surface area (Å²) in [6, 6.07) is 26.5. The molecule has 0 aromatic heterocycles. The highest BCUT2D eigenvalue weighted by Gasteiger charge is 2.44. The number of anilines is 1. The number of benzene rings is 4. The summed E-state index contributed by atoms with van der Waals surface area (Å²) in [5, 5.41) is 0.433. The molecule has 2 atom stereocenters. The van der Waals surface area contributed by atoms with Gasteiger partial charge in [-0.3, -0.25) is 14.3 Å². The maximum absolute atomic E-state index is 13.4. The largest absolute Gasteiger partial charge is 0.493 e. The Morgan fingerprint density at radius 2 is 1.61 bits per heavy atom. The summed E-state index contributed by atoms with van der Waals surface area (Å²) < 4.78 is 48.7. The minimum Gasteiger partial charge on any atom is -0.493 e. The number of allylic oxidation sites excluding steroid dienone is 1. The molecule has 0 spiro atoms. The van der Waals surface area contributed by atoms with Crippen LogP contribution in [0.3, 0.4) is 0 Å². The van der Waals surface area contributed by atoms with E-state index in [0.29, 0.717) is 34.5 Å². The van der Waals surface area contributed by atoms with Crippen LogP contribution in [0.25, 0.3) is 11.1 Å². The number of cyclic esters (lactones) is 1. The predicted octanol–water partition coefficient (Wildman–Crippen LogP) is 8.29. The van der Waals surface area contributed by atoms with Crippen molar-refractivity contribution in [2.24, 2.45) is 0 Å². The minimum absolute atomic E-state index is 0.310. The van der Waals surface area contributed by atoms with E-state index in [-0.39, 0.29) is 5.78 Å². The van der Waals surface area contributed by atoms with E-state index in [4.69, 9.17) is 18.5 Å². The molecule has 1 fully saturated rings. The number of halogens is 1. The number of ether oxygens (including phenoxy) is 2. The lowest BCUT2D eigenvalue weighted by Gasteiger charge is -2.26. The fourth-order valence-corrected chi connectivity index (χ4v) is 6.32. The summed E-state index contributed by atoms with van der Waals surface area (Å²) in [7, 11) is -0.720. The summed E-state index contributed by atoms with van der Waals surface area (Å²) >= 11 is 0. The molecule has 1 aliphatic heterocycles. The van der Waals surface area contributed by atoms with Gasteiger partial charge in [0.25, 0.3) is 0 Å². The zero-order valence-corrected chi connectivity index (χ0v) is 26.7. The smallest absolute Gasteiger partial charge is 0.415 e. The van der Waals surface area contributed by atoms with Crippen molar-refractivity contribution < 1.29 is 37.1 Å². The fraction of sp³-hybridized carbons (Fsp3) is 0.222. The summed E-state index contributed by atoms with van der Waals surface area (Å²) in [6.45, 7) is 2.52. The van der Waals surface area contributed by atoms with E-state index < -0.39 is 31.7 Å². The molecule has 4 aromatic carbocycles.